The van der Waals surface area contributed by atoms with Crippen LogP contribution in [0.25, 0.3) is 22.3 Å². The minimum Gasteiger partial charge on any atom is -0.398 e. The first-order valence-electron chi connectivity index (χ1n) is 12.3. The number of hydrogen-bond acceptors (Lipinski definition) is 9. The Hall–Kier alpha value is -4.43. The van der Waals surface area contributed by atoms with Gasteiger partial charge in [-0.05, 0) is 43.7 Å². The van der Waals surface area contributed by atoms with E-state index >= 15 is 0 Å². The van der Waals surface area contributed by atoms with Crippen molar-refractivity contribution in [1.82, 2.24) is 19.3 Å². The lowest BCUT2D eigenvalue weighted by atomic mass is 10.0. The number of hydrogen-bond donors (Lipinski definition) is 3. The van der Waals surface area contributed by atoms with Crippen molar-refractivity contribution in [1.29, 1.82) is 0 Å². The van der Waals surface area contributed by atoms with Gasteiger partial charge >= 0.3 is 6.55 Å². The van der Waals surface area contributed by atoms with Gasteiger partial charge in [0.15, 0.2) is 5.69 Å². The molecule has 0 bridgehead atoms. The van der Waals surface area contributed by atoms with Gasteiger partial charge in [-0.1, -0.05) is 29.8 Å². The van der Waals surface area contributed by atoms with Crippen LogP contribution in [0.4, 0.5) is 20.2 Å². The van der Waals surface area contributed by atoms with E-state index in [2.05, 4.69) is 15.3 Å². The molecular weight excluding hydrogens is 592 g/mol. The number of sulfonamides is 1. The summed E-state index contributed by atoms with van der Waals surface area (Å²) in [5, 5.41) is 3.47. The van der Waals surface area contributed by atoms with Crippen molar-refractivity contribution in [3.8, 4) is 11.4 Å². The van der Waals surface area contributed by atoms with Crippen molar-refractivity contribution in [3.63, 3.8) is 0 Å². The molecule has 15 heteroatoms. The number of nitrogens with one attached hydrogen (secondary N) is 2. The lowest BCUT2D eigenvalue weighted by Gasteiger charge is -2.20. The first-order valence-corrected chi connectivity index (χ1v) is 14.6. The Morgan fingerprint density at radius 3 is 2.52 bits per heavy atom. The monoisotopic (exact) mass is 617 g/mol. The maximum Gasteiger partial charge on any atom is 0.331 e. The number of carbonyl (C=O) groups excluding carboxylic acids is 1. The van der Waals surface area contributed by atoms with Crippen LogP contribution in [-0.2, 0) is 17.1 Å². The maximum absolute atomic E-state index is 13.5. The third kappa shape index (κ3) is 6.71. The summed E-state index contributed by atoms with van der Waals surface area (Å²) in [5.74, 6) is -0.701. The van der Waals surface area contributed by atoms with Crippen molar-refractivity contribution in [2.45, 2.75) is 26.4 Å². The molecule has 0 aliphatic heterocycles. The van der Waals surface area contributed by atoms with Crippen LogP contribution in [0, 0.1) is 6.92 Å². The highest BCUT2D eigenvalue weighted by Gasteiger charge is 2.22. The van der Waals surface area contributed by atoms with Crippen LogP contribution < -0.4 is 21.3 Å². The summed E-state index contributed by atoms with van der Waals surface area (Å²) < 4.78 is 51.6. The van der Waals surface area contributed by atoms with E-state index in [1.807, 2.05) is 17.7 Å². The number of benzene rings is 2. The first-order chi connectivity index (χ1) is 19.6. The number of rotatable bonds is 8. The second-order valence-electron chi connectivity index (χ2n) is 9.55. The molecule has 0 aliphatic rings. The van der Waals surface area contributed by atoms with E-state index in [-0.39, 0.29) is 39.2 Å². The number of fused-ring (bicyclic) bond motifs is 1. The third-order valence-electron chi connectivity index (χ3n) is 6.22. The average Bonchev–Trinajstić information content (AvgIpc) is 2.89. The molecule has 0 saturated heterocycles. The van der Waals surface area contributed by atoms with Crippen LogP contribution in [0.15, 0.2) is 52.3 Å². The maximum atomic E-state index is 13.5. The van der Waals surface area contributed by atoms with E-state index in [1.165, 1.54) is 28.8 Å². The molecule has 0 spiro atoms. The van der Waals surface area contributed by atoms with Gasteiger partial charge in [-0.25, -0.2) is 28.1 Å². The first kappa shape index (κ1) is 30.5. The highest BCUT2D eigenvalue weighted by molar-refractivity contribution is 7.89. The molecule has 0 unspecified atom stereocenters. The minimum absolute atomic E-state index is 0.0200. The van der Waals surface area contributed by atoms with Gasteiger partial charge < -0.3 is 11.1 Å². The molecule has 2 aromatic heterocycles. The molecule has 220 valence electrons. The summed E-state index contributed by atoms with van der Waals surface area (Å²) in [6, 6.07) is 10.5. The standard InChI is InChI=1S/C27H26ClF2N7O4S/c1-13-9-17(14(2)33-20-7-8-21(28)34-23(20)25(38)36-42(4,40)41)22-18(10-13)26(39)37(3)24(35-22)15-5-6-16(19(31)11-15)12-32-27(29)30/h5-12,14,27,33H,31H2,1-4H3,(H,36,38)/b32-12+/t14-/m1/s1. The van der Waals surface area contributed by atoms with E-state index in [0.717, 1.165) is 18.0 Å². The van der Waals surface area contributed by atoms with E-state index < -0.39 is 28.5 Å². The minimum atomic E-state index is -3.88. The fourth-order valence-electron chi connectivity index (χ4n) is 4.36. The summed E-state index contributed by atoms with van der Waals surface area (Å²) in [7, 11) is -2.32. The number of alkyl halides is 2. The van der Waals surface area contributed by atoms with Gasteiger partial charge in [0.2, 0.25) is 10.0 Å². The summed E-state index contributed by atoms with van der Waals surface area (Å²) in [6.07, 6.45) is 1.81. The quantitative estimate of drug-likeness (QED) is 0.115. The van der Waals surface area contributed by atoms with Crippen molar-refractivity contribution >= 4 is 56.0 Å². The van der Waals surface area contributed by atoms with Crippen molar-refractivity contribution in [2.75, 3.05) is 17.3 Å². The number of aromatic nitrogens is 3. The second kappa shape index (κ2) is 11.8. The summed E-state index contributed by atoms with van der Waals surface area (Å²) >= 11 is 5.98. The van der Waals surface area contributed by atoms with Gasteiger partial charge in [-0.15, -0.1) is 0 Å². The second-order valence-corrected chi connectivity index (χ2v) is 11.7. The number of anilines is 2. The Kier molecular flexibility index (Phi) is 8.59. The summed E-state index contributed by atoms with van der Waals surface area (Å²) in [6.45, 7) is 0.714. The summed E-state index contributed by atoms with van der Waals surface area (Å²) in [4.78, 5) is 38.0. The van der Waals surface area contributed by atoms with Crippen molar-refractivity contribution in [2.24, 2.45) is 12.0 Å². The van der Waals surface area contributed by atoms with Gasteiger partial charge in [0.1, 0.15) is 11.0 Å². The normalized spacial score (nSPS) is 12.7. The topological polar surface area (TPSA) is 161 Å². The van der Waals surface area contributed by atoms with E-state index in [0.29, 0.717) is 22.0 Å². The SMILES string of the molecule is Cc1cc([C@@H](C)Nc2ccc(Cl)nc2C(=O)NS(C)(=O)=O)c2nc(-c3ccc(/C=N/C(F)F)c(N)c3)n(C)c(=O)c2c1. The molecule has 0 radical (unpaired) electrons. The fraction of sp³-hybridized carbons (Fsp3) is 0.222. The van der Waals surface area contributed by atoms with Crippen LogP contribution in [0.3, 0.4) is 0 Å². The van der Waals surface area contributed by atoms with Gasteiger partial charge in [0, 0.05) is 35.6 Å². The number of nitrogen functional groups attached to an aromatic ring is 1. The lowest BCUT2D eigenvalue weighted by molar-refractivity contribution is 0.0977. The molecule has 4 N–H and O–H groups in total. The number of aliphatic imine (C=N–C) groups is 1. The third-order valence-corrected chi connectivity index (χ3v) is 6.99. The Balaban J connectivity index is 1.82. The van der Waals surface area contributed by atoms with Crippen LogP contribution >= 0.6 is 11.6 Å². The number of pyridine rings is 1. The van der Waals surface area contributed by atoms with Crippen molar-refractivity contribution in [3.05, 3.63) is 80.4 Å². The van der Waals surface area contributed by atoms with Crippen molar-refractivity contribution < 1.29 is 22.0 Å². The molecule has 2 heterocycles. The molecule has 4 aromatic rings. The Labute approximate surface area is 244 Å². The molecule has 11 nitrogen and oxygen atoms in total. The van der Waals surface area contributed by atoms with Crippen LogP contribution in [0.5, 0.6) is 0 Å². The molecule has 0 fully saturated rings. The fourth-order valence-corrected chi connectivity index (χ4v) is 4.94. The zero-order valence-corrected chi connectivity index (χ0v) is 24.4. The largest absolute Gasteiger partial charge is 0.398 e. The molecule has 42 heavy (non-hydrogen) atoms. The van der Waals surface area contributed by atoms with E-state index in [4.69, 9.17) is 22.3 Å². The number of amides is 1. The number of nitrogens with two attached hydrogens (primary N) is 1. The van der Waals surface area contributed by atoms with Gasteiger partial charge in [0.05, 0.1) is 28.9 Å². The van der Waals surface area contributed by atoms with E-state index in [1.54, 1.807) is 26.1 Å². The Morgan fingerprint density at radius 2 is 1.88 bits per heavy atom. The van der Waals surface area contributed by atoms with Crippen LogP contribution in [-0.4, -0.2) is 47.9 Å². The Bertz CT molecular complexity index is 1910. The number of nitrogens with zero attached hydrogens (tertiary/aromatic N) is 4. The average molecular weight is 618 g/mol. The van der Waals surface area contributed by atoms with Gasteiger partial charge in [0.25, 0.3) is 11.5 Å². The van der Waals surface area contributed by atoms with Gasteiger partial charge in [-0.2, -0.15) is 8.78 Å². The highest BCUT2D eigenvalue weighted by atomic mass is 35.5. The number of halogens is 3. The molecular formula is C27H26ClF2N7O4S. The summed E-state index contributed by atoms with van der Waals surface area (Å²) in [5.41, 5.74) is 8.34. The molecule has 0 saturated carbocycles. The predicted octanol–water partition coefficient (Wildman–Crippen LogP) is 4.04. The Morgan fingerprint density at radius 1 is 1.17 bits per heavy atom. The van der Waals surface area contributed by atoms with Gasteiger partial charge in [-0.3, -0.25) is 14.2 Å². The lowest BCUT2D eigenvalue weighted by Crippen LogP contribution is -2.31. The number of carbonyl (C=O) groups is 1. The highest BCUT2D eigenvalue weighted by Crippen LogP contribution is 2.30. The van der Waals surface area contributed by atoms with Crippen LogP contribution in [0.2, 0.25) is 5.15 Å². The zero-order valence-electron chi connectivity index (χ0n) is 22.8. The molecule has 1 atom stereocenters. The van der Waals surface area contributed by atoms with E-state index in [9.17, 15) is 26.8 Å². The smallest absolute Gasteiger partial charge is 0.331 e. The predicted molar refractivity (Wildman–Crippen MR) is 159 cm³/mol. The molecule has 4 rings (SSSR count). The number of aryl methyl sites for hydroxylation is 1. The van der Waals surface area contributed by atoms with Crippen LogP contribution in [0.1, 0.15) is 40.1 Å². The molecule has 1 amide bonds. The molecule has 0 aliphatic carbocycles. The zero-order chi connectivity index (χ0) is 30.9. The molecule has 2 aromatic carbocycles.